The summed E-state index contributed by atoms with van der Waals surface area (Å²) in [5, 5.41) is 1.67. The molecule has 5 rings (SSSR count). The van der Waals surface area contributed by atoms with E-state index in [9.17, 15) is 4.79 Å². The summed E-state index contributed by atoms with van der Waals surface area (Å²) in [6.07, 6.45) is 0. The summed E-state index contributed by atoms with van der Waals surface area (Å²) in [5.74, 6) is 1.22. The Hall–Kier alpha value is -2.46. The Morgan fingerprint density at radius 1 is 1.23 bits per heavy atom. The standard InChI is InChI=1S/C21H18ClNO3/c1-11-8-12(22)9-14-15-10-25-19-17(21(15,2)26-18(11)14)13-6-4-5-7-16(13)23(3)20(19)24/h4-9,15H,10H2,1-3H3. The van der Waals surface area contributed by atoms with Crippen molar-refractivity contribution >= 4 is 22.5 Å². The molecule has 0 saturated carbocycles. The number of nitrogens with zero attached hydrogens (tertiary/aromatic N) is 1. The van der Waals surface area contributed by atoms with Gasteiger partial charge in [-0.3, -0.25) is 4.79 Å². The third-order valence-corrected chi connectivity index (χ3v) is 5.99. The normalized spacial score (nSPS) is 23.0. The maximum Gasteiger partial charge on any atom is 0.293 e. The van der Waals surface area contributed by atoms with E-state index >= 15 is 0 Å². The van der Waals surface area contributed by atoms with Crippen LogP contribution in [-0.4, -0.2) is 11.2 Å². The lowest BCUT2D eigenvalue weighted by atomic mass is 9.77. The Morgan fingerprint density at radius 2 is 2.00 bits per heavy atom. The third-order valence-electron chi connectivity index (χ3n) is 5.77. The third kappa shape index (κ3) is 1.83. The minimum atomic E-state index is -0.668. The molecule has 132 valence electrons. The number of hydrogen-bond donors (Lipinski definition) is 0. The van der Waals surface area contributed by atoms with Crippen LogP contribution in [0.2, 0.25) is 5.02 Å². The summed E-state index contributed by atoms with van der Waals surface area (Å²) in [5.41, 5.74) is 2.95. The first kappa shape index (κ1) is 15.8. The summed E-state index contributed by atoms with van der Waals surface area (Å²) in [7, 11) is 1.77. The molecule has 2 unspecified atom stereocenters. The number of halogens is 1. The average molecular weight is 368 g/mol. The Labute approximate surface area is 155 Å². The molecule has 0 spiro atoms. The van der Waals surface area contributed by atoms with Gasteiger partial charge in [0.15, 0.2) is 5.75 Å². The van der Waals surface area contributed by atoms with Gasteiger partial charge in [0.1, 0.15) is 11.4 Å². The second kappa shape index (κ2) is 5.04. The Kier molecular flexibility index (Phi) is 3.06. The molecule has 0 saturated heterocycles. The smallest absolute Gasteiger partial charge is 0.293 e. The molecule has 26 heavy (non-hydrogen) atoms. The monoisotopic (exact) mass is 367 g/mol. The van der Waals surface area contributed by atoms with Gasteiger partial charge in [-0.05, 0) is 37.6 Å². The number of hydrogen-bond acceptors (Lipinski definition) is 3. The van der Waals surface area contributed by atoms with Crippen LogP contribution in [0.15, 0.2) is 41.2 Å². The van der Waals surface area contributed by atoms with Crippen LogP contribution in [0.5, 0.6) is 11.5 Å². The molecular formula is C21H18ClNO3. The highest BCUT2D eigenvalue weighted by molar-refractivity contribution is 6.30. The molecule has 0 amide bonds. The van der Waals surface area contributed by atoms with Crippen molar-refractivity contribution in [3.8, 4) is 11.5 Å². The van der Waals surface area contributed by atoms with E-state index in [1.165, 1.54) is 0 Å². The first-order valence-electron chi connectivity index (χ1n) is 8.66. The van der Waals surface area contributed by atoms with E-state index in [0.717, 1.165) is 33.3 Å². The van der Waals surface area contributed by atoms with Crippen LogP contribution in [0.4, 0.5) is 0 Å². The van der Waals surface area contributed by atoms with Crippen molar-refractivity contribution in [1.82, 2.24) is 4.57 Å². The highest BCUT2D eigenvalue weighted by Gasteiger charge is 2.52. The molecule has 0 fully saturated rings. The van der Waals surface area contributed by atoms with E-state index in [1.54, 1.807) is 11.6 Å². The fraction of sp³-hybridized carbons (Fsp3) is 0.286. The highest BCUT2D eigenvalue weighted by atomic mass is 35.5. The summed E-state index contributed by atoms with van der Waals surface area (Å²) < 4.78 is 14.2. The van der Waals surface area contributed by atoms with E-state index in [0.29, 0.717) is 17.4 Å². The topological polar surface area (TPSA) is 40.5 Å². The number of pyridine rings is 1. The maximum atomic E-state index is 12.9. The van der Waals surface area contributed by atoms with Crippen molar-refractivity contribution in [3.05, 3.63) is 68.5 Å². The van der Waals surface area contributed by atoms with Crippen LogP contribution in [0, 0.1) is 6.92 Å². The number of aryl methyl sites for hydroxylation is 2. The van der Waals surface area contributed by atoms with Crippen LogP contribution < -0.4 is 15.0 Å². The lowest BCUT2D eigenvalue weighted by Crippen LogP contribution is -2.42. The van der Waals surface area contributed by atoms with Gasteiger partial charge < -0.3 is 14.0 Å². The van der Waals surface area contributed by atoms with E-state index in [4.69, 9.17) is 21.1 Å². The molecule has 0 N–H and O–H groups in total. The van der Waals surface area contributed by atoms with E-state index in [-0.39, 0.29) is 11.5 Å². The molecule has 5 heteroatoms. The van der Waals surface area contributed by atoms with Crippen LogP contribution >= 0.6 is 11.6 Å². The Balaban J connectivity index is 1.87. The van der Waals surface area contributed by atoms with Crippen molar-refractivity contribution in [2.45, 2.75) is 25.4 Å². The fourth-order valence-corrected chi connectivity index (χ4v) is 4.75. The molecule has 0 bridgehead atoms. The van der Waals surface area contributed by atoms with E-state index < -0.39 is 5.60 Å². The highest BCUT2D eigenvalue weighted by Crippen LogP contribution is 2.56. The number of fused-ring (bicyclic) bond motifs is 7. The van der Waals surface area contributed by atoms with E-state index in [2.05, 4.69) is 6.92 Å². The molecule has 2 aliphatic rings. The zero-order valence-electron chi connectivity index (χ0n) is 14.8. The van der Waals surface area contributed by atoms with Gasteiger partial charge in [-0.25, -0.2) is 0 Å². The SMILES string of the molecule is Cc1cc(Cl)cc2c1OC1(C)c3c(c(=O)n(C)c4ccccc34)OCC21. The lowest BCUT2D eigenvalue weighted by Gasteiger charge is -2.37. The van der Waals surface area contributed by atoms with Gasteiger partial charge in [0.2, 0.25) is 0 Å². The fourth-order valence-electron chi connectivity index (χ4n) is 4.47. The van der Waals surface area contributed by atoms with Crippen molar-refractivity contribution < 1.29 is 9.47 Å². The average Bonchev–Trinajstić information content (AvgIpc) is 2.92. The largest absolute Gasteiger partial charge is 0.487 e. The minimum absolute atomic E-state index is 0.0158. The molecule has 4 nitrogen and oxygen atoms in total. The lowest BCUT2D eigenvalue weighted by molar-refractivity contribution is 0.0436. The summed E-state index contributed by atoms with van der Waals surface area (Å²) in [6.45, 7) is 4.44. The van der Waals surface area contributed by atoms with Gasteiger partial charge in [-0.15, -0.1) is 0 Å². The van der Waals surface area contributed by atoms with Crippen LogP contribution in [0.25, 0.3) is 10.9 Å². The van der Waals surface area contributed by atoms with Crippen molar-refractivity contribution in [2.24, 2.45) is 7.05 Å². The van der Waals surface area contributed by atoms with Gasteiger partial charge in [-0.1, -0.05) is 29.8 Å². The molecule has 1 aromatic heterocycles. The number of rotatable bonds is 0. The quantitative estimate of drug-likeness (QED) is 0.595. The van der Waals surface area contributed by atoms with Gasteiger partial charge in [0.05, 0.1) is 23.6 Å². The van der Waals surface area contributed by atoms with Gasteiger partial charge >= 0.3 is 0 Å². The Morgan fingerprint density at radius 3 is 2.81 bits per heavy atom. The summed E-state index contributed by atoms with van der Waals surface area (Å²) >= 11 is 6.30. The minimum Gasteiger partial charge on any atom is -0.487 e. The molecular weight excluding hydrogens is 350 g/mol. The molecule has 2 aromatic carbocycles. The second-order valence-electron chi connectivity index (χ2n) is 7.30. The Bertz CT molecular complexity index is 1150. The predicted molar refractivity (Wildman–Crippen MR) is 102 cm³/mol. The van der Waals surface area contributed by atoms with Crippen LogP contribution in [0.1, 0.15) is 29.5 Å². The van der Waals surface area contributed by atoms with Crippen LogP contribution in [-0.2, 0) is 12.6 Å². The van der Waals surface area contributed by atoms with Gasteiger partial charge in [0, 0.05) is 23.0 Å². The van der Waals surface area contributed by atoms with Crippen molar-refractivity contribution in [3.63, 3.8) is 0 Å². The van der Waals surface area contributed by atoms with Crippen LogP contribution in [0.3, 0.4) is 0 Å². The molecule has 0 radical (unpaired) electrons. The van der Waals surface area contributed by atoms with E-state index in [1.807, 2.05) is 43.3 Å². The summed E-state index contributed by atoms with van der Waals surface area (Å²) in [4.78, 5) is 12.9. The first-order chi connectivity index (χ1) is 12.4. The molecule has 3 heterocycles. The molecule has 3 aromatic rings. The number of ether oxygens (including phenoxy) is 2. The molecule has 2 atom stereocenters. The zero-order chi connectivity index (χ0) is 18.2. The predicted octanol–water partition coefficient (Wildman–Crippen LogP) is 4.28. The second-order valence-corrected chi connectivity index (χ2v) is 7.74. The van der Waals surface area contributed by atoms with Gasteiger partial charge in [0.25, 0.3) is 5.56 Å². The summed E-state index contributed by atoms with van der Waals surface area (Å²) in [6, 6.07) is 11.8. The first-order valence-corrected chi connectivity index (χ1v) is 9.03. The van der Waals surface area contributed by atoms with Crippen molar-refractivity contribution in [1.29, 1.82) is 0 Å². The number of para-hydroxylation sites is 1. The maximum absolute atomic E-state index is 12.9. The van der Waals surface area contributed by atoms with Crippen molar-refractivity contribution in [2.75, 3.05) is 6.61 Å². The molecule has 0 aliphatic carbocycles. The molecule has 2 aliphatic heterocycles. The zero-order valence-corrected chi connectivity index (χ0v) is 15.6. The number of benzene rings is 2. The number of aromatic nitrogens is 1. The van der Waals surface area contributed by atoms with Gasteiger partial charge in [-0.2, -0.15) is 0 Å².